The SMILES string of the molecule is Cc1ccc(NP2(Cl)=NP(Cl)(Cl)=NP(Cl)(Cl)=N2)nc1. The van der Waals surface area contributed by atoms with Crippen LogP contribution in [-0.2, 0) is 0 Å². The molecule has 1 aromatic heterocycles. The highest BCUT2D eigenvalue weighted by molar-refractivity contribution is 8.22. The fourth-order valence-electron chi connectivity index (χ4n) is 1.19. The van der Waals surface area contributed by atoms with Gasteiger partial charge in [0.05, 0.1) is 0 Å². The van der Waals surface area contributed by atoms with E-state index in [1.807, 2.05) is 13.0 Å². The number of aromatic nitrogens is 1. The standard InChI is InChI=1S/C6H7Cl5N5P3/c1-5-2-3-6(12-4-5)13-19(11)15-17(7,8)14-18(9,10)16-19/h2-4H,1H3,(H,12,13). The minimum atomic E-state index is -3.01. The number of hydrogen-bond acceptors (Lipinski definition) is 5. The molecule has 1 aromatic rings. The number of anilines is 1. The molecule has 0 bridgehead atoms. The Morgan fingerprint density at radius 3 is 2.11 bits per heavy atom. The van der Waals surface area contributed by atoms with E-state index in [0.717, 1.165) is 5.56 Å². The van der Waals surface area contributed by atoms with Crippen molar-refractivity contribution in [2.24, 2.45) is 13.5 Å². The van der Waals surface area contributed by atoms with Gasteiger partial charge in [-0.15, -0.1) is 0 Å². The van der Waals surface area contributed by atoms with Crippen LogP contribution in [0.25, 0.3) is 0 Å². The van der Waals surface area contributed by atoms with Crippen molar-refractivity contribution in [2.45, 2.75) is 6.92 Å². The van der Waals surface area contributed by atoms with Crippen LogP contribution in [0.15, 0.2) is 31.9 Å². The van der Waals surface area contributed by atoms with E-state index in [2.05, 4.69) is 23.6 Å². The average Bonchev–Trinajstić information content (AvgIpc) is 2.15. The number of pyridine rings is 1. The molecule has 1 aliphatic heterocycles. The van der Waals surface area contributed by atoms with Gasteiger partial charge in [-0.05, 0) is 74.8 Å². The van der Waals surface area contributed by atoms with E-state index < -0.39 is 18.5 Å². The second kappa shape index (κ2) is 5.71. The van der Waals surface area contributed by atoms with Gasteiger partial charge in [-0.3, -0.25) is 0 Å². The van der Waals surface area contributed by atoms with E-state index >= 15 is 0 Å². The van der Waals surface area contributed by atoms with Crippen LogP contribution in [0.1, 0.15) is 5.56 Å². The molecule has 0 amide bonds. The Labute approximate surface area is 134 Å². The predicted octanol–water partition coefficient (Wildman–Crippen LogP) is 7.85. The molecule has 2 heterocycles. The molecule has 13 heteroatoms. The average molecular weight is 419 g/mol. The molecule has 1 aliphatic rings. The van der Waals surface area contributed by atoms with Crippen LogP contribution in [0.5, 0.6) is 0 Å². The second-order valence-corrected chi connectivity index (χ2v) is 16.9. The van der Waals surface area contributed by atoms with E-state index in [9.17, 15) is 0 Å². The minimum Gasteiger partial charge on any atom is -0.308 e. The van der Waals surface area contributed by atoms with Gasteiger partial charge in [-0.2, -0.15) is 13.5 Å². The topological polar surface area (TPSA) is 62.0 Å². The quantitative estimate of drug-likeness (QED) is 0.496. The van der Waals surface area contributed by atoms with Crippen LogP contribution >= 0.6 is 74.7 Å². The Kier molecular flexibility index (Phi) is 4.94. The normalized spacial score (nSPS) is 27.7. The largest absolute Gasteiger partial charge is 0.308 e. The van der Waals surface area contributed by atoms with E-state index in [4.69, 9.17) is 56.2 Å². The van der Waals surface area contributed by atoms with Crippen molar-refractivity contribution >= 4 is 80.6 Å². The maximum absolute atomic E-state index is 6.30. The van der Waals surface area contributed by atoms with Gasteiger partial charge in [-0.1, -0.05) is 6.07 Å². The summed E-state index contributed by atoms with van der Waals surface area (Å²) in [5.74, 6) is -5.53. The maximum Gasteiger partial charge on any atom is 0.262 e. The van der Waals surface area contributed by atoms with Gasteiger partial charge in [0.2, 0.25) is 0 Å². The number of nitrogens with zero attached hydrogens (tertiary/aromatic N) is 4. The Hall–Kier alpha value is 1.09. The number of hydrogen-bond donors (Lipinski definition) is 1. The molecule has 0 aromatic carbocycles. The molecule has 1 atom stereocenters. The van der Waals surface area contributed by atoms with Crippen LogP contribution in [0, 0.1) is 6.92 Å². The van der Waals surface area contributed by atoms with Gasteiger partial charge in [0.25, 0.3) is 18.5 Å². The highest BCUT2D eigenvalue weighted by Gasteiger charge is 2.32. The van der Waals surface area contributed by atoms with Crippen molar-refractivity contribution in [1.82, 2.24) is 4.98 Å². The van der Waals surface area contributed by atoms with Crippen molar-refractivity contribution in [2.75, 3.05) is 5.09 Å². The molecule has 0 spiro atoms. The molecule has 0 saturated carbocycles. The van der Waals surface area contributed by atoms with Crippen molar-refractivity contribution in [1.29, 1.82) is 0 Å². The van der Waals surface area contributed by atoms with Crippen LogP contribution in [-0.4, -0.2) is 4.98 Å². The molecule has 0 aliphatic carbocycles. The van der Waals surface area contributed by atoms with E-state index in [1.165, 1.54) is 0 Å². The number of rotatable bonds is 2. The van der Waals surface area contributed by atoms with Crippen LogP contribution in [0.2, 0.25) is 0 Å². The molecular weight excluding hydrogens is 412 g/mol. The summed E-state index contributed by atoms with van der Waals surface area (Å²) in [6, 6.07) is 3.60. The first-order valence-corrected chi connectivity index (χ1v) is 14.3. The lowest BCUT2D eigenvalue weighted by Crippen LogP contribution is -1.93. The first kappa shape index (κ1) is 16.5. The van der Waals surface area contributed by atoms with Crippen LogP contribution < -0.4 is 5.09 Å². The molecule has 2 rings (SSSR count). The van der Waals surface area contributed by atoms with Crippen LogP contribution in [0.4, 0.5) is 5.82 Å². The van der Waals surface area contributed by atoms with E-state index in [1.54, 1.807) is 12.3 Å². The zero-order chi connectivity index (χ0) is 14.3. The van der Waals surface area contributed by atoms with Crippen LogP contribution in [0.3, 0.4) is 0 Å². The van der Waals surface area contributed by atoms with Gasteiger partial charge < -0.3 is 5.09 Å². The molecule has 0 radical (unpaired) electrons. The lowest BCUT2D eigenvalue weighted by atomic mass is 10.3. The Morgan fingerprint density at radius 2 is 1.58 bits per heavy atom. The molecule has 1 unspecified atom stereocenters. The zero-order valence-electron chi connectivity index (χ0n) is 9.25. The number of halogens is 5. The summed E-state index contributed by atoms with van der Waals surface area (Å²) >= 11 is 30.1. The van der Waals surface area contributed by atoms with Crippen molar-refractivity contribution < 1.29 is 0 Å². The van der Waals surface area contributed by atoms with Crippen molar-refractivity contribution in [3.05, 3.63) is 23.9 Å². The molecule has 0 fully saturated rings. The summed E-state index contributed by atoms with van der Waals surface area (Å²) in [7, 11) is 0. The van der Waals surface area contributed by atoms with E-state index in [-0.39, 0.29) is 0 Å². The summed E-state index contributed by atoms with van der Waals surface area (Å²) in [5, 5.41) is 2.89. The Balaban J connectivity index is 2.44. The first-order chi connectivity index (χ1) is 8.59. The van der Waals surface area contributed by atoms with Gasteiger partial charge in [0.1, 0.15) is 5.82 Å². The number of aryl methyl sites for hydroxylation is 1. The number of nitrogens with one attached hydrogen (secondary N) is 1. The van der Waals surface area contributed by atoms with Gasteiger partial charge >= 0.3 is 0 Å². The monoisotopic (exact) mass is 417 g/mol. The fraction of sp³-hybridized carbons (Fsp3) is 0.167. The molecule has 106 valence electrons. The first-order valence-electron chi connectivity index (χ1n) is 4.70. The van der Waals surface area contributed by atoms with Crippen molar-refractivity contribution in [3.63, 3.8) is 0 Å². The van der Waals surface area contributed by atoms with Gasteiger partial charge in [0, 0.05) is 6.20 Å². The summed E-state index contributed by atoms with van der Waals surface area (Å²) in [4.78, 5) is 4.15. The smallest absolute Gasteiger partial charge is 0.262 e. The minimum absolute atomic E-state index is 0.491. The highest BCUT2D eigenvalue weighted by atomic mass is 35.9. The Bertz CT molecular complexity index is 651. The predicted molar refractivity (Wildman–Crippen MR) is 89.9 cm³/mol. The third kappa shape index (κ3) is 4.80. The highest BCUT2D eigenvalue weighted by Crippen LogP contribution is 2.86. The third-order valence-electron chi connectivity index (χ3n) is 1.84. The third-order valence-corrected chi connectivity index (χ3v) is 14.0. The summed E-state index contributed by atoms with van der Waals surface area (Å²) < 4.78 is 11.9. The molecule has 5 nitrogen and oxygen atoms in total. The fourth-order valence-corrected chi connectivity index (χ4v) is 18.2. The lowest BCUT2D eigenvalue weighted by Gasteiger charge is -2.22. The zero-order valence-corrected chi connectivity index (χ0v) is 15.7. The summed E-state index contributed by atoms with van der Waals surface area (Å²) in [5.41, 5.74) is 1.01. The maximum atomic E-state index is 6.30. The molecule has 0 saturated heterocycles. The van der Waals surface area contributed by atoms with Crippen molar-refractivity contribution in [3.8, 4) is 0 Å². The summed E-state index contributed by atoms with van der Waals surface area (Å²) in [6.07, 6.45) is 1.67. The second-order valence-electron chi connectivity index (χ2n) is 3.54. The van der Waals surface area contributed by atoms with E-state index in [0.29, 0.717) is 5.82 Å². The molecule has 1 N–H and O–H groups in total. The molecular formula is C6H7Cl5N5P3. The summed E-state index contributed by atoms with van der Waals surface area (Å²) in [6.45, 7) is -1.04. The van der Waals surface area contributed by atoms with Gasteiger partial charge in [-0.25, -0.2) is 4.98 Å². The van der Waals surface area contributed by atoms with Gasteiger partial charge in [0.15, 0.2) is 0 Å². The lowest BCUT2D eigenvalue weighted by molar-refractivity contribution is 1.27. The molecule has 19 heavy (non-hydrogen) atoms. The Morgan fingerprint density at radius 1 is 0.947 bits per heavy atom.